The monoisotopic (exact) mass is 370 g/mol. The Balaban J connectivity index is 1.45. The maximum Gasteiger partial charge on any atom is 0.178 e. The lowest BCUT2D eigenvalue weighted by atomic mass is 10.1. The summed E-state index contributed by atoms with van der Waals surface area (Å²) in [6, 6.07) is 9.72. The van der Waals surface area contributed by atoms with Crippen molar-refractivity contribution in [2.75, 3.05) is 39.5 Å². The quantitative estimate of drug-likeness (QED) is 0.757. The van der Waals surface area contributed by atoms with Crippen LogP contribution in [0.3, 0.4) is 0 Å². The zero-order valence-corrected chi connectivity index (χ0v) is 15.9. The number of nitrogens with zero attached hydrogens (tertiary/aromatic N) is 2. The van der Waals surface area contributed by atoms with E-state index in [2.05, 4.69) is 9.47 Å². The van der Waals surface area contributed by atoms with Crippen LogP contribution in [0.15, 0.2) is 30.3 Å². The van der Waals surface area contributed by atoms with Crippen molar-refractivity contribution in [1.29, 1.82) is 0 Å². The van der Waals surface area contributed by atoms with Crippen LogP contribution in [0.25, 0.3) is 0 Å². The van der Waals surface area contributed by atoms with E-state index in [-0.39, 0.29) is 11.9 Å². The summed E-state index contributed by atoms with van der Waals surface area (Å²) in [5, 5.41) is 0. The summed E-state index contributed by atoms with van der Waals surface area (Å²) in [4.78, 5) is 15.0. The van der Waals surface area contributed by atoms with Gasteiger partial charge < -0.3 is 18.8 Å². The molecule has 1 aromatic heterocycles. The summed E-state index contributed by atoms with van der Waals surface area (Å²) in [5.74, 6) is 1.73. The minimum Gasteiger partial charge on any atom is -0.486 e. The molecule has 2 aliphatic rings. The number of ketones is 1. The highest BCUT2D eigenvalue weighted by molar-refractivity contribution is 5.99. The Hall–Kier alpha value is -2.31. The summed E-state index contributed by atoms with van der Waals surface area (Å²) >= 11 is 0. The van der Waals surface area contributed by atoms with Crippen molar-refractivity contribution in [3.05, 3.63) is 47.3 Å². The molecule has 3 heterocycles. The third kappa shape index (κ3) is 3.87. The number of Topliss-reactive ketones (excluding diaryl/α,β-unsaturated/α-hetero) is 1. The van der Waals surface area contributed by atoms with Crippen LogP contribution in [0.4, 0.5) is 0 Å². The molecule has 0 spiro atoms. The van der Waals surface area contributed by atoms with Gasteiger partial charge in [0.05, 0.1) is 26.3 Å². The second-order valence-electron chi connectivity index (χ2n) is 7.20. The van der Waals surface area contributed by atoms with Gasteiger partial charge in [-0.15, -0.1) is 0 Å². The Morgan fingerprint density at radius 2 is 1.89 bits per heavy atom. The van der Waals surface area contributed by atoms with Gasteiger partial charge in [0.2, 0.25) is 0 Å². The van der Waals surface area contributed by atoms with E-state index >= 15 is 0 Å². The van der Waals surface area contributed by atoms with Gasteiger partial charge >= 0.3 is 0 Å². The second kappa shape index (κ2) is 7.74. The van der Waals surface area contributed by atoms with Crippen LogP contribution in [0.5, 0.6) is 11.5 Å². The largest absolute Gasteiger partial charge is 0.486 e. The molecule has 0 saturated carbocycles. The number of para-hydroxylation sites is 2. The van der Waals surface area contributed by atoms with Crippen molar-refractivity contribution in [3.63, 3.8) is 0 Å². The molecule has 4 rings (SSSR count). The molecule has 0 radical (unpaired) electrons. The fourth-order valence-corrected chi connectivity index (χ4v) is 3.77. The highest BCUT2D eigenvalue weighted by Crippen LogP contribution is 2.31. The molecule has 6 nitrogen and oxygen atoms in total. The van der Waals surface area contributed by atoms with Crippen molar-refractivity contribution in [2.45, 2.75) is 26.5 Å². The third-order valence-corrected chi connectivity index (χ3v) is 5.30. The SMILES string of the molecule is Cc1cc(C(=O)CN2CCOCC2)c(C)n1CC1COc2ccccc2O1. The second-order valence-corrected chi connectivity index (χ2v) is 7.20. The number of carbonyl (C=O) groups is 1. The Labute approximate surface area is 159 Å². The first kappa shape index (κ1) is 18.1. The van der Waals surface area contributed by atoms with Gasteiger partial charge in [-0.1, -0.05) is 12.1 Å². The minimum atomic E-state index is -0.0769. The topological polar surface area (TPSA) is 52.9 Å². The lowest BCUT2D eigenvalue weighted by Gasteiger charge is -2.27. The molecule has 1 saturated heterocycles. The predicted molar refractivity (Wildman–Crippen MR) is 102 cm³/mol. The first-order valence-corrected chi connectivity index (χ1v) is 9.50. The van der Waals surface area contributed by atoms with Crippen LogP contribution in [0.2, 0.25) is 0 Å². The van der Waals surface area contributed by atoms with E-state index in [4.69, 9.17) is 14.2 Å². The van der Waals surface area contributed by atoms with Crippen molar-refractivity contribution in [2.24, 2.45) is 0 Å². The molecular formula is C21H26N2O4. The molecule has 144 valence electrons. The molecule has 27 heavy (non-hydrogen) atoms. The molecule has 6 heteroatoms. The smallest absolute Gasteiger partial charge is 0.178 e. The Bertz CT molecular complexity index is 824. The number of aromatic nitrogens is 1. The van der Waals surface area contributed by atoms with E-state index in [9.17, 15) is 4.79 Å². The number of carbonyl (C=O) groups excluding carboxylic acids is 1. The molecule has 0 N–H and O–H groups in total. The van der Waals surface area contributed by atoms with Crippen LogP contribution in [0.1, 0.15) is 21.7 Å². The molecule has 2 aromatic rings. The number of hydrogen-bond acceptors (Lipinski definition) is 5. The molecule has 1 fully saturated rings. The number of rotatable bonds is 5. The van der Waals surface area contributed by atoms with Crippen LogP contribution in [-0.4, -0.2) is 60.8 Å². The van der Waals surface area contributed by atoms with Gasteiger partial charge in [0.25, 0.3) is 0 Å². The van der Waals surface area contributed by atoms with E-state index in [0.717, 1.165) is 41.5 Å². The van der Waals surface area contributed by atoms with Gasteiger partial charge in [0.15, 0.2) is 23.4 Å². The minimum absolute atomic E-state index is 0.0769. The van der Waals surface area contributed by atoms with E-state index < -0.39 is 0 Å². The van der Waals surface area contributed by atoms with Crippen LogP contribution < -0.4 is 9.47 Å². The van der Waals surface area contributed by atoms with Gasteiger partial charge in [-0.2, -0.15) is 0 Å². The fourth-order valence-electron chi connectivity index (χ4n) is 3.77. The normalized spacial score (nSPS) is 19.9. The van der Waals surface area contributed by atoms with Crippen LogP contribution >= 0.6 is 0 Å². The maximum absolute atomic E-state index is 12.8. The van der Waals surface area contributed by atoms with Crippen LogP contribution in [0, 0.1) is 13.8 Å². The average Bonchev–Trinajstić information content (AvgIpc) is 2.97. The van der Waals surface area contributed by atoms with Gasteiger partial charge in [0, 0.05) is 30.0 Å². The maximum atomic E-state index is 12.8. The molecule has 1 atom stereocenters. The molecule has 0 bridgehead atoms. The summed E-state index contributed by atoms with van der Waals surface area (Å²) in [5.41, 5.74) is 2.87. The van der Waals surface area contributed by atoms with Gasteiger partial charge in [-0.05, 0) is 32.0 Å². The molecule has 0 amide bonds. The average molecular weight is 370 g/mol. The summed E-state index contributed by atoms with van der Waals surface area (Å²) in [7, 11) is 0. The lowest BCUT2D eigenvalue weighted by Crippen LogP contribution is -2.39. The summed E-state index contributed by atoms with van der Waals surface area (Å²) < 4.78 is 19.4. The van der Waals surface area contributed by atoms with Crippen molar-refractivity contribution < 1.29 is 19.0 Å². The molecule has 0 aliphatic carbocycles. The third-order valence-electron chi connectivity index (χ3n) is 5.30. The highest BCUT2D eigenvalue weighted by atomic mass is 16.6. The number of aryl methyl sites for hydroxylation is 1. The Morgan fingerprint density at radius 3 is 2.67 bits per heavy atom. The first-order valence-electron chi connectivity index (χ1n) is 9.50. The molecule has 1 aromatic carbocycles. The summed E-state index contributed by atoms with van der Waals surface area (Å²) in [6.45, 7) is 8.70. The fraction of sp³-hybridized carbons (Fsp3) is 0.476. The standard InChI is InChI=1S/C21H26N2O4/c1-15-11-18(19(24)13-22-7-9-25-10-8-22)16(2)23(15)12-17-14-26-20-5-3-4-6-21(20)27-17/h3-6,11,17H,7-10,12-14H2,1-2H3. The number of fused-ring (bicyclic) bond motifs is 1. The number of morpholine rings is 1. The predicted octanol–water partition coefficient (Wildman–Crippen LogP) is 2.46. The number of hydrogen-bond donors (Lipinski definition) is 0. The van der Waals surface area contributed by atoms with E-state index in [1.165, 1.54) is 0 Å². The zero-order chi connectivity index (χ0) is 18.8. The van der Waals surface area contributed by atoms with E-state index in [1.54, 1.807) is 0 Å². The molecule has 1 unspecified atom stereocenters. The highest BCUT2D eigenvalue weighted by Gasteiger charge is 2.24. The first-order chi connectivity index (χ1) is 13.1. The zero-order valence-electron chi connectivity index (χ0n) is 15.9. The van der Waals surface area contributed by atoms with Crippen molar-refractivity contribution >= 4 is 5.78 Å². The van der Waals surface area contributed by atoms with Crippen molar-refractivity contribution in [3.8, 4) is 11.5 Å². The van der Waals surface area contributed by atoms with Crippen molar-refractivity contribution in [1.82, 2.24) is 9.47 Å². The van der Waals surface area contributed by atoms with Crippen LogP contribution in [-0.2, 0) is 11.3 Å². The van der Waals surface area contributed by atoms with Gasteiger partial charge in [-0.3, -0.25) is 9.69 Å². The molecule has 2 aliphatic heterocycles. The van der Waals surface area contributed by atoms with Gasteiger partial charge in [-0.25, -0.2) is 0 Å². The van der Waals surface area contributed by atoms with E-state index in [1.807, 2.05) is 44.2 Å². The molecular weight excluding hydrogens is 344 g/mol. The Kier molecular flexibility index (Phi) is 5.18. The number of benzene rings is 1. The lowest BCUT2D eigenvalue weighted by molar-refractivity contribution is 0.0371. The van der Waals surface area contributed by atoms with E-state index in [0.29, 0.717) is 32.9 Å². The summed E-state index contributed by atoms with van der Waals surface area (Å²) in [6.07, 6.45) is -0.0769. The Morgan fingerprint density at radius 1 is 1.15 bits per heavy atom. The number of ether oxygens (including phenoxy) is 3. The van der Waals surface area contributed by atoms with Gasteiger partial charge in [0.1, 0.15) is 6.61 Å².